The van der Waals surface area contributed by atoms with Gasteiger partial charge >= 0.3 is 5.97 Å². The summed E-state index contributed by atoms with van der Waals surface area (Å²) in [5.74, 6) is -1.78. The van der Waals surface area contributed by atoms with Gasteiger partial charge in [-0.05, 0) is 13.8 Å². The molecule has 0 spiro atoms. The van der Waals surface area contributed by atoms with Crippen LogP contribution in [0.15, 0.2) is 0 Å². The van der Waals surface area contributed by atoms with Crippen LogP contribution in [0.25, 0.3) is 0 Å². The van der Waals surface area contributed by atoms with Gasteiger partial charge < -0.3 is 9.57 Å². The van der Waals surface area contributed by atoms with Crippen LogP contribution in [0.3, 0.4) is 0 Å². The van der Waals surface area contributed by atoms with Crippen LogP contribution in [0, 0.1) is 0 Å². The Morgan fingerprint density at radius 2 is 1.94 bits per heavy atom. The molecule has 2 atom stereocenters. The third kappa shape index (κ3) is 3.44. The Kier molecular flexibility index (Phi) is 4.95. The zero-order valence-electron chi connectivity index (χ0n) is 9.71. The van der Waals surface area contributed by atoms with Crippen LogP contribution in [0.2, 0.25) is 0 Å². The van der Waals surface area contributed by atoms with Gasteiger partial charge in [-0.3, -0.25) is 9.59 Å². The van der Waals surface area contributed by atoms with Crippen LogP contribution in [0.5, 0.6) is 0 Å². The van der Waals surface area contributed by atoms with Crippen molar-refractivity contribution >= 4 is 30.4 Å². The third-order valence-electron chi connectivity index (χ3n) is 2.30. The fraction of sp³-hybridized carbons (Fsp3) is 0.700. The summed E-state index contributed by atoms with van der Waals surface area (Å²) in [7, 11) is 0. The van der Waals surface area contributed by atoms with E-state index in [4.69, 9.17) is 9.57 Å². The second-order valence-corrected chi connectivity index (χ2v) is 4.15. The molecule has 0 radical (unpaired) electrons. The number of rotatable bonds is 5. The summed E-state index contributed by atoms with van der Waals surface area (Å²) in [5.41, 5.74) is 0. The maximum Gasteiger partial charge on any atom is 0.348 e. The van der Waals surface area contributed by atoms with Crippen LogP contribution in [-0.4, -0.2) is 40.8 Å². The minimum absolute atomic E-state index is 0.0738. The second-order valence-electron chi connectivity index (χ2n) is 3.60. The van der Waals surface area contributed by atoms with E-state index in [1.807, 2.05) is 0 Å². The summed E-state index contributed by atoms with van der Waals surface area (Å²) in [6.45, 7) is 3.89. The van der Waals surface area contributed by atoms with E-state index in [9.17, 15) is 14.4 Å². The van der Waals surface area contributed by atoms with Gasteiger partial charge in [-0.25, -0.2) is 4.79 Å². The van der Waals surface area contributed by atoms with Crippen LogP contribution < -0.4 is 0 Å². The van der Waals surface area contributed by atoms with E-state index in [0.717, 1.165) is 0 Å². The number of thiol groups is 1. The molecule has 2 amide bonds. The minimum Gasteiger partial charge on any atom is -0.377 e. The lowest BCUT2D eigenvalue weighted by atomic mass is 10.3. The molecule has 1 fully saturated rings. The van der Waals surface area contributed by atoms with Crippen molar-refractivity contribution in [3.05, 3.63) is 0 Å². The predicted molar refractivity (Wildman–Crippen MR) is 61.0 cm³/mol. The lowest BCUT2D eigenvalue weighted by Gasteiger charge is -2.20. The summed E-state index contributed by atoms with van der Waals surface area (Å²) < 4.78 is 5.18. The number of imide groups is 1. The molecule has 0 bridgehead atoms. The first-order valence-corrected chi connectivity index (χ1v) is 5.86. The summed E-state index contributed by atoms with van der Waals surface area (Å²) in [5, 5.41) is -0.333. The molecular weight excluding hydrogens is 246 g/mol. The lowest BCUT2D eigenvalue weighted by molar-refractivity contribution is -0.198. The maximum absolute atomic E-state index is 11.6. The molecule has 1 heterocycles. The van der Waals surface area contributed by atoms with Crippen LogP contribution >= 0.6 is 12.6 Å². The topological polar surface area (TPSA) is 72.9 Å². The number of ether oxygens (including phenoxy) is 1. The molecule has 96 valence electrons. The van der Waals surface area contributed by atoms with E-state index in [1.54, 1.807) is 13.8 Å². The smallest absolute Gasteiger partial charge is 0.348 e. The number of nitrogens with zero attached hydrogens (tertiary/aromatic N) is 1. The molecular formula is C10H15NO5S. The Labute approximate surface area is 105 Å². The van der Waals surface area contributed by atoms with E-state index < -0.39 is 29.1 Å². The summed E-state index contributed by atoms with van der Waals surface area (Å²) in [6, 6.07) is 0. The van der Waals surface area contributed by atoms with Gasteiger partial charge in [0.1, 0.15) is 5.25 Å². The Morgan fingerprint density at radius 3 is 2.41 bits per heavy atom. The standard InChI is InChI=1S/C10H15NO5S/c1-3-15-6(2)9(17)10(14)16-11-7(12)4-5-8(11)13/h6,9,17H,3-5H2,1-2H3. The molecule has 6 nitrogen and oxygen atoms in total. The Hall–Kier alpha value is -1.08. The number of hydrogen-bond donors (Lipinski definition) is 1. The number of carbonyl (C=O) groups excluding carboxylic acids is 3. The maximum atomic E-state index is 11.6. The van der Waals surface area contributed by atoms with Crippen LogP contribution in [0.1, 0.15) is 26.7 Å². The fourth-order valence-electron chi connectivity index (χ4n) is 1.35. The van der Waals surface area contributed by atoms with Crippen molar-refractivity contribution in [1.82, 2.24) is 5.06 Å². The monoisotopic (exact) mass is 261 g/mol. The molecule has 1 aliphatic heterocycles. The van der Waals surface area contributed by atoms with Gasteiger partial charge in [-0.1, -0.05) is 0 Å². The van der Waals surface area contributed by atoms with Crippen molar-refractivity contribution in [2.45, 2.75) is 38.0 Å². The van der Waals surface area contributed by atoms with Gasteiger partial charge in [0.05, 0.1) is 6.10 Å². The van der Waals surface area contributed by atoms with Crippen molar-refractivity contribution < 1.29 is 24.0 Å². The highest BCUT2D eigenvalue weighted by atomic mass is 32.1. The third-order valence-corrected chi connectivity index (χ3v) is 2.93. The van der Waals surface area contributed by atoms with Gasteiger partial charge in [0.25, 0.3) is 11.8 Å². The van der Waals surface area contributed by atoms with Crippen molar-refractivity contribution in [3.8, 4) is 0 Å². The molecule has 2 unspecified atom stereocenters. The summed E-state index contributed by atoms with van der Waals surface area (Å²) in [6.07, 6.45) is -0.307. The molecule has 0 N–H and O–H groups in total. The second kappa shape index (κ2) is 6.02. The summed E-state index contributed by atoms with van der Waals surface area (Å²) in [4.78, 5) is 38.7. The molecule has 0 aromatic carbocycles. The molecule has 1 saturated heterocycles. The first-order chi connectivity index (χ1) is 7.97. The summed E-state index contributed by atoms with van der Waals surface area (Å²) >= 11 is 4.04. The van der Waals surface area contributed by atoms with Crippen LogP contribution in [-0.2, 0) is 24.0 Å². The Morgan fingerprint density at radius 1 is 1.41 bits per heavy atom. The first-order valence-electron chi connectivity index (χ1n) is 5.34. The van der Waals surface area contributed by atoms with Crippen molar-refractivity contribution in [2.75, 3.05) is 6.61 Å². The van der Waals surface area contributed by atoms with E-state index >= 15 is 0 Å². The van der Waals surface area contributed by atoms with Gasteiger partial charge in [0.15, 0.2) is 0 Å². The largest absolute Gasteiger partial charge is 0.377 e. The van der Waals surface area contributed by atoms with E-state index in [-0.39, 0.29) is 12.8 Å². The molecule has 17 heavy (non-hydrogen) atoms. The lowest BCUT2D eigenvalue weighted by Crippen LogP contribution is -2.38. The number of amides is 2. The highest BCUT2D eigenvalue weighted by molar-refractivity contribution is 7.81. The van der Waals surface area contributed by atoms with Crippen molar-refractivity contribution in [3.63, 3.8) is 0 Å². The number of hydrogen-bond acceptors (Lipinski definition) is 6. The highest BCUT2D eigenvalue weighted by Gasteiger charge is 2.35. The van der Waals surface area contributed by atoms with Crippen molar-refractivity contribution in [1.29, 1.82) is 0 Å². The first kappa shape index (κ1) is 14.0. The normalized spacial score (nSPS) is 19.4. The number of carbonyl (C=O) groups is 3. The predicted octanol–water partition coefficient (Wildman–Crippen LogP) is 0.317. The van der Waals surface area contributed by atoms with Gasteiger partial charge in [0.2, 0.25) is 0 Å². The van der Waals surface area contributed by atoms with E-state index in [0.29, 0.717) is 11.7 Å². The average molecular weight is 261 g/mol. The van der Waals surface area contributed by atoms with Gasteiger partial charge in [-0.15, -0.1) is 5.06 Å². The quantitative estimate of drug-likeness (QED) is 0.570. The molecule has 0 aromatic rings. The molecule has 7 heteroatoms. The average Bonchev–Trinajstić information content (AvgIpc) is 2.60. The Balaban J connectivity index is 2.53. The van der Waals surface area contributed by atoms with Crippen molar-refractivity contribution in [2.24, 2.45) is 0 Å². The molecule has 0 aliphatic carbocycles. The Bertz CT molecular complexity index is 317. The van der Waals surface area contributed by atoms with E-state index in [1.165, 1.54) is 0 Å². The fourth-order valence-corrected chi connectivity index (χ4v) is 1.48. The molecule has 1 aliphatic rings. The molecule has 1 rings (SSSR count). The minimum atomic E-state index is -0.837. The zero-order chi connectivity index (χ0) is 13.0. The van der Waals surface area contributed by atoms with Crippen LogP contribution in [0.4, 0.5) is 0 Å². The number of hydroxylamine groups is 2. The van der Waals surface area contributed by atoms with Gasteiger partial charge in [-0.2, -0.15) is 12.6 Å². The van der Waals surface area contributed by atoms with Gasteiger partial charge in [0, 0.05) is 19.4 Å². The van der Waals surface area contributed by atoms with E-state index in [2.05, 4.69) is 12.6 Å². The highest BCUT2D eigenvalue weighted by Crippen LogP contribution is 2.15. The zero-order valence-corrected chi connectivity index (χ0v) is 10.6. The SMILES string of the molecule is CCOC(C)C(S)C(=O)ON1C(=O)CCC1=O. The molecule has 0 aromatic heterocycles. The molecule has 0 saturated carbocycles.